The SMILES string of the molecule is Cc1cccc(N(N)C(=O)NN)c1COc1cccc(N2CCOCC2)n1. The molecule has 1 aromatic heterocycles. The van der Waals surface area contributed by atoms with Crippen LogP contribution in [0.2, 0.25) is 0 Å². The average Bonchev–Trinajstić information content (AvgIpc) is 2.72. The van der Waals surface area contributed by atoms with Gasteiger partial charge in [0, 0.05) is 24.7 Å². The van der Waals surface area contributed by atoms with Crippen LogP contribution in [-0.4, -0.2) is 37.3 Å². The Balaban J connectivity index is 1.76. The zero-order chi connectivity index (χ0) is 19.2. The van der Waals surface area contributed by atoms with E-state index in [1.807, 2.05) is 36.6 Å². The van der Waals surface area contributed by atoms with Gasteiger partial charge in [-0.1, -0.05) is 18.2 Å². The van der Waals surface area contributed by atoms with E-state index in [1.165, 1.54) is 0 Å². The molecule has 3 rings (SSSR count). The first kappa shape index (κ1) is 18.9. The number of hydrogen-bond donors (Lipinski definition) is 3. The highest BCUT2D eigenvalue weighted by molar-refractivity contribution is 5.91. The molecule has 0 bridgehead atoms. The molecule has 0 aliphatic carbocycles. The van der Waals surface area contributed by atoms with E-state index in [2.05, 4.69) is 9.88 Å². The molecule has 9 heteroatoms. The lowest BCUT2D eigenvalue weighted by molar-refractivity contribution is 0.122. The van der Waals surface area contributed by atoms with Crippen molar-refractivity contribution in [1.29, 1.82) is 0 Å². The van der Waals surface area contributed by atoms with Crippen LogP contribution < -0.4 is 31.8 Å². The summed E-state index contributed by atoms with van der Waals surface area (Å²) in [5, 5.41) is 0.962. The standard InChI is InChI=1S/C18H24N6O3/c1-13-4-2-5-15(24(20)18(25)22-19)14(13)12-27-17-7-3-6-16(21-17)23-8-10-26-11-9-23/h2-7H,8-12,19-20H2,1H3,(H,22,25). The Morgan fingerprint density at radius 2 is 2.04 bits per heavy atom. The quantitative estimate of drug-likeness (QED) is 0.408. The second-order valence-electron chi connectivity index (χ2n) is 6.11. The highest BCUT2D eigenvalue weighted by Crippen LogP contribution is 2.24. The van der Waals surface area contributed by atoms with Gasteiger partial charge in [0.05, 0.1) is 18.9 Å². The van der Waals surface area contributed by atoms with Crippen LogP contribution in [0.15, 0.2) is 36.4 Å². The molecule has 27 heavy (non-hydrogen) atoms. The fourth-order valence-electron chi connectivity index (χ4n) is 2.88. The molecule has 1 aromatic carbocycles. The van der Waals surface area contributed by atoms with Crippen LogP contribution in [-0.2, 0) is 11.3 Å². The van der Waals surface area contributed by atoms with Crippen LogP contribution in [0, 0.1) is 6.92 Å². The number of nitrogens with zero attached hydrogens (tertiary/aromatic N) is 3. The van der Waals surface area contributed by atoms with Crippen LogP contribution in [0.5, 0.6) is 5.88 Å². The molecule has 1 saturated heterocycles. The van der Waals surface area contributed by atoms with Gasteiger partial charge in [-0.3, -0.25) is 5.43 Å². The van der Waals surface area contributed by atoms with Gasteiger partial charge in [0.15, 0.2) is 0 Å². The van der Waals surface area contributed by atoms with Gasteiger partial charge < -0.3 is 14.4 Å². The summed E-state index contributed by atoms with van der Waals surface area (Å²) in [5.74, 6) is 12.4. The molecule has 0 unspecified atom stereocenters. The second kappa shape index (κ2) is 8.67. The third-order valence-electron chi connectivity index (χ3n) is 4.40. The van der Waals surface area contributed by atoms with E-state index < -0.39 is 6.03 Å². The minimum Gasteiger partial charge on any atom is -0.473 e. The Labute approximate surface area is 157 Å². The number of hydrogen-bond acceptors (Lipinski definition) is 7. The number of hydrazine groups is 2. The number of urea groups is 1. The normalized spacial score (nSPS) is 14.0. The predicted octanol–water partition coefficient (Wildman–Crippen LogP) is 1.07. The van der Waals surface area contributed by atoms with Gasteiger partial charge >= 0.3 is 6.03 Å². The van der Waals surface area contributed by atoms with Crippen LogP contribution >= 0.6 is 0 Å². The highest BCUT2D eigenvalue weighted by Gasteiger charge is 2.17. The number of pyridine rings is 1. The number of carbonyl (C=O) groups is 1. The monoisotopic (exact) mass is 372 g/mol. The summed E-state index contributed by atoms with van der Waals surface area (Å²) in [5.41, 5.74) is 4.26. The van der Waals surface area contributed by atoms with Gasteiger partial charge in [-0.25, -0.2) is 21.5 Å². The lowest BCUT2D eigenvalue weighted by atomic mass is 10.1. The zero-order valence-electron chi connectivity index (χ0n) is 15.2. The minimum atomic E-state index is -0.616. The molecule has 0 saturated carbocycles. The average molecular weight is 372 g/mol. The summed E-state index contributed by atoms with van der Waals surface area (Å²) in [6.45, 7) is 5.12. The van der Waals surface area contributed by atoms with Crippen molar-refractivity contribution in [2.75, 3.05) is 36.2 Å². The Morgan fingerprint density at radius 3 is 2.78 bits per heavy atom. The smallest absolute Gasteiger partial charge is 0.350 e. The van der Waals surface area contributed by atoms with Gasteiger partial charge in [-0.15, -0.1) is 0 Å². The first-order chi connectivity index (χ1) is 13.1. The molecule has 5 N–H and O–H groups in total. The third kappa shape index (κ3) is 4.45. The van der Waals surface area contributed by atoms with Crippen molar-refractivity contribution in [2.24, 2.45) is 11.7 Å². The lowest BCUT2D eigenvalue weighted by Crippen LogP contribution is -2.48. The maximum Gasteiger partial charge on any atom is 0.350 e. The zero-order valence-corrected chi connectivity index (χ0v) is 15.2. The second-order valence-corrected chi connectivity index (χ2v) is 6.11. The number of benzene rings is 1. The van der Waals surface area contributed by atoms with E-state index in [4.69, 9.17) is 21.2 Å². The molecule has 0 radical (unpaired) electrons. The molecule has 9 nitrogen and oxygen atoms in total. The number of carbonyl (C=O) groups excluding carboxylic acids is 1. The first-order valence-electron chi connectivity index (χ1n) is 8.66. The van der Waals surface area contributed by atoms with E-state index >= 15 is 0 Å². The molecule has 2 heterocycles. The van der Waals surface area contributed by atoms with E-state index in [-0.39, 0.29) is 6.61 Å². The Hall–Kier alpha value is -2.88. The van der Waals surface area contributed by atoms with Crippen molar-refractivity contribution in [3.63, 3.8) is 0 Å². The molecule has 0 atom stereocenters. The number of morpholine rings is 1. The molecule has 1 aliphatic rings. The van der Waals surface area contributed by atoms with Crippen LogP contribution in [0.3, 0.4) is 0 Å². The van der Waals surface area contributed by atoms with E-state index in [0.717, 1.165) is 35.0 Å². The van der Waals surface area contributed by atoms with Crippen molar-refractivity contribution in [3.05, 3.63) is 47.5 Å². The number of rotatable bonds is 5. The number of nitrogens with one attached hydrogen (secondary N) is 1. The molecule has 2 amide bonds. The van der Waals surface area contributed by atoms with Crippen molar-refractivity contribution < 1.29 is 14.3 Å². The van der Waals surface area contributed by atoms with Crippen LogP contribution in [0.25, 0.3) is 0 Å². The molecular weight excluding hydrogens is 348 g/mol. The largest absolute Gasteiger partial charge is 0.473 e. The van der Waals surface area contributed by atoms with E-state index in [9.17, 15) is 4.79 Å². The number of anilines is 2. The summed E-state index contributed by atoms with van der Waals surface area (Å²) in [4.78, 5) is 18.5. The molecule has 1 fully saturated rings. The number of aryl methyl sites for hydroxylation is 1. The van der Waals surface area contributed by atoms with Crippen molar-refractivity contribution in [3.8, 4) is 5.88 Å². The van der Waals surface area contributed by atoms with E-state index in [0.29, 0.717) is 24.8 Å². The van der Waals surface area contributed by atoms with Gasteiger partial charge in [0.2, 0.25) is 5.88 Å². The summed E-state index contributed by atoms with van der Waals surface area (Å²) in [6, 6.07) is 10.5. The first-order valence-corrected chi connectivity index (χ1v) is 8.66. The fourth-order valence-corrected chi connectivity index (χ4v) is 2.88. The molecule has 0 spiro atoms. The summed E-state index contributed by atoms with van der Waals surface area (Å²) in [7, 11) is 0. The van der Waals surface area contributed by atoms with Gasteiger partial charge in [0.25, 0.3) is 0 Å². The summed E-state index contributed by atoms with van der Waals surface area (Å²) >= 11 is 0. The van der Waals surface area contributed by atoms with Gasteiger partial charge in [-0.05, 0) is 24.6 Å². The molecule has 1 aliphatic heterocycles. The van der Waals surface area contributed by atoms with Gasteiger partial charge in [0.1, 0.15) is 12.4 Å². The maximum atomic E-state index is 11.8. The minimum absolute atomic E-state index is 0.215. The molecular formula is C18H24N6O3. The summed E-state index contributed by atoms with van der Waals surface area (Å²) < 4.78 is 11.3. The highest BCUT2D eigenvalue weighted by atomic mass is 16.5. The van der Waals surface area contributed by atoms with Crippen LogP contribution in [0.4, 0.5) is 16.3 Å². The Bertz CT molecular complexity index is 794. The number of aromatic nitrogens is 1. The van der Waals surface area contributed by atoms with Crippen molar-refractivity contribution in [2.45, 2.75) is 13.5 Å². The lowest BCUT2D eigenvalue weighted by Gasteiger charge is -2.28. The molecule has 2 aromatic rings. The maximum absolute atomic E-state index is 11.8. The predicted molar refractivity (Wildman–Crippen MR) is 102 cm³/mol. The Morgan fingerprint density at radius 1 is 1.30 bits per heavy atom. The van der Waals surface area contributed by atoms with Crippen molar-refractivity contribution >= 4 is 17.5 Å². The number of amides is 2. The van der Waals surface area contributed by atoms with Crippen LogP contribution in [0.1, 0.15) is 11.1 Å². The molecule has 144 valence electrons. The number of nitrogens with two attached hydrogens (primary N) is 2. The third-order valence-corrected chi connectivity index (χ3v) is 4.40. The fraction of sp³-hybridized carbons (Fsp3) is 0.333. The van der Waals surface area contributed by atoms with E-state index in [1.54, 1.807) is 12.1 Å². The van der Waals surface area contributed by atoms with Crippen molar-refractivity contribution in [1.82, 2.24) is 10.4 Å². The summed E-state index contributed by atoms with van der Waals surface area (Å²) in [6.07, 6.45) is 0. The Kier molecular flexibility index (Phi) is 6.07. The number of ether oxygens (including phenoxy) is 2. The van der Waals surface area contributed by atoms with Gasteiger partial charge in [-0.2, -0.15) is 4.98 Å². The topological polar surface area (TPSA) is 119 Å².